The number of ether oxygens (including phenoxy) is 2. The van der Waals surface area contributed by atoms with Gasteiger partial charge in [-0.15, -0.1) is 0 Å². The van der Waals surface area contributed by atoms with Crippen molar-refractivity contribution in [3.63, 3.8) is 0 Å². The van der Waals surface area contributed by atoms with Gasteiger partial charge in [-0.3, -0.25) is 0 Å². The van der Waals surface area contributed by atoms with Crippen LogP contribution in [0.5, 0.6) is 0 Å². The molecule has 2 heteroatoms. The van der Waals surface area contributed by atoms with Crippen LogP contribution in [-0.2, 0) is 9.47 Å². The van der Waals surface area contributed by atoms with Crippen LogP contribution in [-0.4, -0.2) is 25.9 Å². The molecule has 82 valence electrons. The third-order valence-electron chi connectivity index (χ3n) is 3.33. The molecule has 0 amide bonds. The third-order valence-corrected chi connectivity index (χ3v) is 3.33. The molecule has 0 aromatic heterocycles. The van der Waals surface area contributed by atoms with Crippen LogP contribution in [0.3, 0.4) is 0 Å². The van der Waals surface area contributed by atoms with Crippen LogP contribution in [0.25, 0.3) is 0 Å². The summed E-state index contributed by atoms with van der Waals surface area (Å²) in [6.07, 6.45) is 10.4. The number of hydrogen-bond acceptors (Lipinski definition) is 2. The van der Waals surface area contributed by atoms with Gasteiger partial charge in [0.25, 0.3) is 0 Å². The molecule has 0 radical (unpaired) electrons. The summed E-state index contributed by atoms with van der Waals surface area (Å²) in [4.78, 5) is 0. The Hall–Kier alpha value is -0.0800. The summed E-state index contributed by atoms with van der Waals surface area (Å²) in [7, 11) is 0. The lowest BCUT2D eigenvalue weighted by Crippen LogP contribution is -2.08. The van der Waals surface area contributed by atoms with Crippen molar-refractivity contribution in [1.29, 1.82) is 0 Å². The number of hydrogen-bond donors (Lipinski definition) is 0. The van der Waals surface area contributed by atoms with E-state index in [0.717, 1.165) is 25.7 Å². The second-order valence-corrected chi connectivity index (χ2v) is 4.68. The molecule has 14 heavy (non-hydrogen) atoms. The van der Waals surface area contributed by atoms with E-state index in [2.05, 4.69) is 0 Å². The average Bonchev–Trinajstić information content (AvgIpc) is 3.03. The number of epoxide rings is 1. The van der Waals surface area contributed by atoms with E-state index in [1.807, 2.05) is 0 Å². The Labute approximate surface area is 87.0 Å². The maximum Gasteiger partial charge on any atom is 0.104 e. The monoisotopic (exact) mass is 198 g/mol. The van der Waals surface area contributed by atoms with Crippen molar-refractivity contribution in [3.8, 4) is 0 Å². The van der Waals surface area contributed by atoms with Crippen LogP contribution < -0.4 is 0 Å². The summed E-state index contributed by atoms with van der Waals surface area (Å²) in [5.41, 5.74) is 0. The van der Waals surface area contributed by atoms with Gasteiger partial charge in [-0.25, -0.2) is 0 Å². The second-order valence-electron chi connectivity index (χ2n) is 4.68. The van der Waals surface area contributed by atoms with E-state index in [9.17, 15) is 0 Å². The molecule has 1 unspecified atom stereocenters. The van der Waals surface area contributed by atoms with Crippen LogP contribution in [0, 0.1) is 5.92 Å². The molecule has 1 heterocycles. The minimum Gasteiger partial charge on any atom is -0.379 e. The summed E-state index contributed by atoms with van der Waals surface area (Å²) in [6, 6.07) is 0. The normalized spacial score (nSPS) is 27.9. The van der Waals surface area contributed by atoms with Crippen molar-refractivity contribution < 1.29 is 9.47 Å². The SMILES string of the molecule is C1CCC(CCCOCC2CO2)CC1. The summed E-state index contributed by atoms with van der Waals surface area (Å²) in [5.74, 6) is 1.00. The molecule has 1 aliphatic carbocycles. The Morgan fingerprint density at radius 1 is 1.14 bits per heavy atom. The predicted molar refractivity (Wildman–Crippen MR) is 56.4 cm³/mol. The van der Waals surface area contributed by atoms with E-state index in [1.165, 1.54) is 44.9 Å². The lowest BCUT2D eigenvalue weighted by molar-refractivity contribution is 0.108. The standard InChI is InChI=1S/C12H22O2/c1-2-5-11(6-3-1)7-4-8-13-9-12-10-14-12/h11-12H,1-10H2. The molecule has 2 aliphatic rings. The summed E-state index contributed by atoms with van der Waals surface area (Å²) in [5, 5.41) is 0. The average molecular weight is 198 g/mol. The summed E-state index contributed by atoms with van der Waals surface area (Å²) in [6.45, 7) is 2.68. The zero-order chi connectivity index (χ0) is 9.64. The van der Waals surface area contributed by atoms with Gasteiger partial charge in [0.1, 0.15) is 6.10 Å². The number of rotatable bonds is 6. The van der Waals surface area contributed by atoms with Crippen molar-refractivity contribution in [2.24, 2.45) is 5.92 Å². The largest absolute Gasteiger partial charge is 0.379 e. The smallest absolute Gasteiger partial charge is 0.104 e. The van der Waals surface area contributed by atoms with Gasteiger partial charge in [-0.1, -0.05) is 32.1 Å². The molecular formula is C12H22O2. The third kappa shape index (κ3) is 3.97. The zero-order valence-electron chi connectivity index (χ0n) is 9.04. The Morgan fingerprint density at radius 2 is 1.93 bits per heavy atom. The maximum absolute atomic E-state index is 5.52. The van der Waals surface area contributed by atoms with E-state index in [-0.39, 0.29) is 0 Å². The van der Waals surface area contributed by atoms with E-state index in [0.29, 0.717) is 6.10 Å². The van der Waals surface area contributed by atoms with Crippen LogP contribution in [0.15, 0.2) is 0 Å². The molecule has 1 saturated heterocycles. The maximum atomic E-state index is 5.52. The molecule has 0 aromatic carbocycles. The fourth-order valence-electron chi connectivity index (χ4n) is 2.33. The van der Waals surface area contributed by atoms with Gasteiger partial charge in [0, 0.05) is 6.61 Å². The second kappa shape index (κ2) is 5.72. The Kier molecular flexibility index (Phi) is 4.26. The first-order valence-corrected chi connectivity index (χ1v) is 6.14. The zero-order valence-corrected chi connectivity index (χ0v) is 9.04. The van der Waals surface area contributed by atoms with E-state index in [1.54, 1.807) is 0 Å². The van der Waals surface area contributed by atoms with E-state index < -0.39 is 0 Å². The van der Waals surface area contributed by atoms with E-state index in [4.69, 9.17) is 9.47 Å². The van der Waals surface area contributed by atoms with Crippen LogP contribution in [0.2, 0.25) is 0 Å². The minimum absolute atomic E-state index is 0.435. The molecule has 0 N–H and O–H groups in total. The van der Waals surface area contributed by atoms with Gasteiger partial charge < -0.3 is 9.47 Å². The molecular weight excluding hydrogens is 176 g/mol. The van der Waals surface area contributed by atoms with Crippen molar-refractivity contribution >= 4 is 0 Å². The Morgan fingerprint density at radius 3 is 2.64 bits per heavy atom. The Balaban J connectivity index is 1.41. The van der Waals surface area contributed by atoms with Gasteiger partial charge >= 0.3 is 0 Å². The Bertz CT molecular complexity index is 148. The molecule has 0 spiro atoms. The topological polar surface area (TPSA) is 21.8 Å². The molecule has 2 rings (SSSR count). The first-order chi connectivity index (χ1) is 6.95. The van der Waals surface area contributed by atoms with Gasteiger partial charge in [-0.2, -0.15) is 0 Å². The molecule has 1 aliphatic heterocycles. The highest BCUT2D eigenvalue weighted by Crippen LogP contribution is 2.27. The van der Waals surface area contributed by atoms with Crippen molar-refractivity contribution in [2.45, 2.75) is 51.0 Å². The fourth-order valence-corrected chi connectivity index (χ4v) is 2.33. The highest BCUT2D eigenvalue weighted by Gasteiger charge is 2.22. The van der Waals surface area contributed by atoms with Crippen LogP contribution >= 0.6 is 0 Å². The molecule has 2 fully saturated rings. The van der Waals surface area contributed by atoms with Crippen molar-refractivity contribution in [2.75, 3.05) is 19.8 Å². The van der Waals surface area contributed by atoms with Crippen LogP contribution in [0.1, 0.15) is 44.9 Å². The fraction of sp³-hybridized carbons (Fsp3) is 1.00. The molecule has 2 nitrogen and oxygen atoms in total. The first kappa shape index (κ1) is 10.4. The van der Waals surface area contributed by atoms with Crippen molar-refractivity contribution in [3.05, 3.63) is 0 Å². The molecule has 0 bridgehead atoms. The van der Waals surface area contributed by atoms with Crippen LogP contribution in [0.4, 0.5) is 0 Å². The minimum atomic E-state index is 0.435. The molecule has 0 aromatic rings. The van der Waals surface area contributed by atoms with Gasteiger partial charge in [0.15, 0.2) is 0 Å². The van der Waals surface area contributed by atoms with Gasteiger partial charge in [0.05, 0.1) is 13.2 Å². The van der Waals surface area contributed by atoms with Gasteiger partial charge in [0.2, 0.25) is 0 Å². The summed E-state index contributed by atoms with van der Waals surface area (Å²) >= 11 is 0. The quantitative estimate of drug-likeness (QED) is 0.483. The van der Waals surface area contributed by atoms with Gasteiger partial charge in [-0.05, 0) is 18.8 Å². The molecule has 1 saturated carbocycles. The van der Waals surface area contributed by atoms with E-state index >= 15 is 0 Å². The highest BCUT2D eigenvalue weighted by atomic mass is 16.6. The lowest BCUT2D eigenvalue weighted by Gasteiger charge is -2.21. The lowest BCUT2D eigenvalue weighted by atomic mass is 9.86. The van der Waals surface area contributed by atoms with Crippen molar-refractivity contribution in [1.82, 2.24) is 0 Å². The highest BCUT2D eigenvalue weighted by molar-refractivity contribution is 4.68. The molecule has 1 atom stereocenters. The summed E-state index contributed by atoms with van der Waals surface area (Å²) < 4.78 is 10.6. The predicted octanol–water partition coefficient (Wildman–Crippen LogP) is 2.76. The first-order valence-electron chi connectivity index (χ1n) is 6.14.